The van der Waals surface area contributed by atoms with Crippen LogP contribution < -0.4 is 0 Å². The van der Waals surface area contributed by atoms with Crippen LogP contribution in [0.15, 0.2) is 54.6 Å². The monoisotopic (exact) mass is 492 g/mol. The van der Waals surface area contributed by atoms with E-state index in [-0.39, 0.29) is 36.8 Å². The summed E-state index contributed by atoms with van der Waals surface area (Å²) in [6.45, 7) is 0. The molecule has 3 aromatic rings. The van der Waals surface area contributed by atoms with Crippen molar-refractivity contribution in [1.29, 1.82) is 0 Å². The lowest BCUT2D eigenvalue weighted by molar-refractivity contribution is 0.394. The predicted molar refractivity (Wildman–Crippen MR) is 114 cm³/mol. The molecular formula is C19H12Cl4O5S. The van der Waals surface area contributed by atoms with Gasteiger partial charge in [0.05, 0.1) is 15.1 Å². The van der Waals surface area contributed by atoms with Crippen molar-refractivity contribution >= 4 is 56.5 Å². The first-order valence-electron chi connectivity index (χ1n) is 7.89. The van der Waals surface area contributed by atoms with E-state index in [0.717, 1.165) is 0 Å². The summed E-state index contributed by atoms with van der Waals surface area (Å²) in [5.41, 5.74) is -0.417. The Kier molecular flexibility index (Phi) is 5.98. The summed E-state index contributed by atoms with van der Waals surface area (Å²) < 4.78 is 33.9. The fraction of sp³-hybridized carbons (Fsp3) is 0.0526. The van der Waals surface area contributed by atoms with Crippen molar-refractivity contribution in [3.63, 3.8) is 0 Å². The zero-order chi connectivity index (χ0) is 21.6. The largest absolute Gasteiger partial charge is 0.504 e. The molecule has 5 nitrogen and oxygen atoms in total. The van der Waals surface area contributed by atoms with Gasteiger partial charge in [-0.15, -0.1) is 0 Å². The van der Waals surface area contributed by atoms with E-state index < -0.39 is 26.4 Å². The fourth-order valence-corrected chi connectivity index (χ4v) is 5.11. The van der Waals surface area contributed by atoms with Gasteiger partial charge < -0.3 is 10.2 Å². The third-order valence-electron chi connectivity index (χ3n) is 4.43. The van der Waals surface area contributed by atoms with Crippen LogP contribution in [0.25, 0.3) is 0 Å². The Morgan fingerprint density at radius 2 is 1.34 bits per heavy atom. The third-order valence-corrected chi connectivity index (χ3v) is 7.17. The van der Waals surface area contributed by atoms with E-state index in [9.17, 15) is 23.2 Å². The number of hydrogen-bond donors (Lipinski definition) is 3. The molecule has 0 aliphatic carbocycles. The molecule has 3 rings (SSSR count). The average molecular weight is 494 g/mol. The summed E-state index contributed by atoms with van der Waals surface area (Å²) in [5.74, 6) is -1.58. The molecule has 0 bridgehead atoms. The van der Waals surface area contributed by atoms with E-state index >= 15 is 0 Å². The Bertz CT molecular complexity index is 1210. The van der Waals surface area contributed by atoms with Gasteiger partial charge in [-0.05, 0) is 41.5 Å². The second kappa shape index (κ2) is 7.87. The fourth-order valence-electron chi connectivity index (χ4n) is 3.18. The molecule has 0 radical (unpaired) electrons. The van der Waals surface area contributed by atoms with E-state index in [4.69, 9.17) is 46.4 Å². The van der Waals surface area contributed by atoms with Crippen LogP contribution >= 0.6 is 46.4 Å². The number of phenols is 2. The highest BCUT2D eigenvalue weighted by Gasteiger charge is 2.51. The molecule has 3 aromatic carbocycles. The SMILES string of the molecule is O=S(=O)(O)C(c1cccc(Cl)c1)(c1ccc(Cl)c(Cl)c1)c1ccc(Cl)c(O)c1O. The molecule has 152 valence electrons. The zero-order valence-electron chi connectivity index (χ0n) is 14.3. The van der Waals surface area contributed by atoms with Crippen LogP contribution in [0.2, 0.25) is 20.1 Å². The summed E-state index contributed by atoms with van der Waals surface area (Å²) in [6, 6.07) is 12.0. The highest BCUT2D eigenvalue weighted by molar-refractivity contribution is 7.87. The third kappa shape index (κ3) is 3.65. The van der Waals surface area contributed by atoms with Gasteiger partial charge in [0, 0.05) is 10.6 Å². The molecule has 0 fully saturated rings. The van der Waals surface area contributed by atoms with Gasteiger partial charge in [0.2, 0.25) is 0 Å². The molecule has 3 N–H and O–H groups in total. The predicted octanol–water partition coefficient (Wildman–Crippen LogP) is 5.89. The lowest BCUT2D eigenvalue weighted by atomic mass is 9.83. The second-order valence-corrected chi connectivity index (χ2v) is 9.31. The first kappa shape index (κ1) is 22.0. The van der Waals surface area contributed by atoms with Crippen LogP contribution in [0.4, 0.5) is 0 Å². The molecule has 1 atom stereocenters. The molecule has 0 aromatic heterocycles. The minimum Gasteiger partial charge on any atom is -0.504 e. The van der Waals surface area contributed by atoms with Gasteiger partial charge in [-0.25, -0.2) is 0 Å². The Balaban J connectivity index is 2.58. The van der Waals surface area contributed by atoms with E-state index in [2.05, 4.69) is 0 Å². The average Bonchev–Trinajstić information content (AvgIpc) is 2.64. The van der Waals surface area contributed by atoms with E-state index in [1.807, 2.05) is 0 Å². The summed E-state index contributed by atoms with van der Waals surface area (Å²) in [5, 5.41) is 20.8. The molecule has 1 unspecified atom stereocenters. The Labute approximate surface area is 186 Å². The minimum atomic E-state index is -5.06. The summed E-state index contributed by atoms with van der Waals surface area (Å²) in [7, 11) is -5.06. The van der Waals surface area contributed by atoms with Crippen LogP contribution in [-0.4, -0.2) is 23.2 Å². The smallest absolute Gasteiger partial charge is 0.283 e. The molecule has 0 amide bonds. The van der Waals surface area contributed by atoms with Crippen molar-refractivity contribution < 1.29 is 23.2 Å². The van der Waals surface area contributed by atoms with Crippen LogP contribution in [-0.2, 0) is 14.9 Å². The summed E-state index contributed by atoms with van der Waals surface area (Å²) in [4.78, 5) is 0. The molecule has 0 saturated carbocycles. The maximum Gasteiger partial charge on any atom is 0.283 e. The lowest BCUT2D eigenvalue weighted by Gasteiger charge is -2.33. The van der Waals surface area contributed by atoms with Gasteiger partial charge in [-0.3, -0.25) is 4.55 Å². The van der Waals surface area contributed by atoms with Crippen LogP contribution in [0.1, 0.15) is 16.7 Å². The molecular weight excluding hydrogens is 482 g/mol. The maximum atomic E-state index is 12.9. The Morgan fingerprint density at radius 1 is 0.724 bits per heavy atom. The molecule has 0 spiro atoms. The maximum absolute atomic E-state index is 12.9. The molecule has 0 aliphatic rings. The zero-order valence-corrected chi connectivity index (χ0v) is 18.1. The number of phenolic OH excluding ortho intramolecular Hbond substituents is 2. The van der Waals surface area contributed by atoms with Crippen LogP contribution in [0.3, 0.4) is 0 Å². The van der Waals surface area contributed by atoms with Crippen molar-refractivity contribution in [3.05, 3.63) is 91.4 Å². The standard InChI is InChI=1S/C19H12Cl4O5S/c20-12-3-1-2-10(8-12)19(29(26,27)28,11-4-6-14(21)16(23)9-11)13-5-7-15(22)18(25)17(13)24/h1-9,24-25H,(H,26,27,28). The van der Waals surface area contributed by atoms with Crippen molar-refractivity contribution in [2.45, 2.75) is 4.75 Å². The number of aromatic hydroxyl groups is 2. The molecule has 0 aliphatic heterocycles. The van der Waals surface area contributed by atoms with Gasteiger partial charge in [0.25, 0.3) is 10.1 Å². The summed E-state index contributed by atoms with van der Waals surface area (Å²) >= 11 is 24.0. The van der Waals surface area contributed by atoms with E-state index in [0.29, 0.717) is 0 Å². The quantitative estimate of drug-likeness (QED) is 0.239. The number of benzene rings is 3. The molecule has 0 heterocycles. The Hall–Kier alpha value is -1.67. The van der Waals surface area contributed by atoms with Gasteiger partial charge in [-0.1, -0.05) is 70.7 Å². The van der Waals surface area contributed by atoms with Crippen molar-refractivity contribution in [2.24, 2.45) is 0 Å². The van der Waals surface area contributed by atoms with Gasteiger partial charge >= 0.3 is 0 Å². The number of halogens is 4. The first-order valence-corrected chi connectivity index (χ1v) is 10.8. The highest BCUT2D eigenvalue weighted by Crippen LogP contribution is 2.51. The van der Waals surface area contributed by atoms with E-state index in [1.54, 1.807) is 0 Å². The van der Waals surface area contributed by atoms with E-state index in [1.165, 1.54) is 54.6 Å². The van der Waals surface area contributed by atoms with Crippen molar-refractivity contribution in [1.82, 2.24) is 0 Å². The van der Waals surface area contributed by atoms with Crippen LogP contribution in [0, 0.1) is 0 Å². The Morgan fingerprint density at radius 3 is 1.93 bits per heavy atom. The van der Waals surface area contributed by atoms with Crippen molar-refractivity contribution in [2.75, 3.05) is 0 Å². The molecule has 10 heteroatoms. The minimum absolute atomic E-state index is 0.0110. The first-order chi connectivity index (χ1) is 13.5. The van der Waals surface area contributed by atoms with Gasteiger partial charge in [0.1, 0.15) is 0 Å². The molecule has 0 saturated heterocycles. The van der Waals surface area contributed by atoms with Gasteiger partial charge in [0.15, 0.2) is 16.2 Å². The number of rotatable bonds is 4. The second-order valence-electron chi connectivity index (χ2n) is 6.09. The lowest BCUT2D eigenvalue weighted by Crippen LogP contribution is -2.38. The normalized spacial score (nSPS) is 13.8. The highest BCUT2D eigenvalue weighted by atomic mass is 35.5. The molecule has 29 heavy (non-hydrogen) atoms. The van der Waals surface area contributed by atoms with Crippen LogP contribution in [0.5, 0.6) is 11.5 Å². The topological polar surface area (TPSA) is 94.8 Å². The number of hydrogen-bond acceptors (Lipinski definition) is 4. The van der Waals surface area contributed by atoms with Crippen molar-refractivity contribution in [3.8, 4) is 11.5 Å². The summed E-state index contributed by atoms with van der Waals surface area (Å²) in [6.07, 6.45) is 0. The van der Waals surface area contributed by atoms with Gasteiger partial charge in [-0.2, -0.15) is 8.42 Å².